The van der Waals surface area contributed by atoms with Gasteiger partial charge in [-0.3, -0.25) is 10.1 Å². The van der Waals surface area contributed by atoms with Crippen molar-refractivity contribution in [3.05, 3.63) is 0 Å². The maximum atomic E-state index is 11.1. The molecule has 1 fully saturated rings. The summed E-state index contributed by atoms with van der Waals surface area (Å²) < 4.78 is 4.65. The summed E-state index contributed by atoms with van der Waals surface area (Å²) in [5.74, 6) is 1.24. The second-order valence-electron chi connectivity index (χ2n) is 3.24. The number of nitrogens with one attached hydrogen (secondary N) is 1. The summed E-state index contributed by atoms with van der Waals surface area (Å²) in [5, 5.41) is 3.63. The van der Waals surface area contributed by atoms with Gasteiger partial charge in [0.25, 0.3) is 0 Å². The maximum Gasteiger partial charge on any atom is 0.323 e. The van der Waals surface area contributed by atoms with E-state index >= 15 is 0 Å². The zero-order valence-electron chi connectivity index (χ0n) is 8.07. The van der Waals surface area contributed by atoms with Crippen molar-refractivity contribution in [3.8, 4) is 0 Å². The standard InChI is InChI=1S/C8H15NO2S.ClH/c1-5(2)7-9-6(4-12-7)8(10)11-3;/h5-7,9H,4H2,1-3H3;1H. The number of esters is 1. The minimum Gasteiger partial charge on any atom is -0.468 e. The third-order valence-corrected chi connectivity index (χ3v) is 3.46. The number of rotatable bonds is 2. The molecule has 13 heavy (non-hydrogen) atoms. The fraction of sp³-hybridized carbons (Fsp3) is 0.875. The monoisotopic (exact) mass is 225 g/mol. The lowest BCUT2D eigenvalue weighted by Gasteiger charge is -2.14. The molecule has 2 atom stereocenters. The van der Waals surface area contributed by atoms with E-state index in [9.17, 15) is 4.79 Å². The molecule has 3 nitrogen and oxygen atoms in total. The Morgan fingerprint density at radius 2 is 2.23 bits per heavy atom. The van der Waals surface area contributed by atoms with E-state index in [1.807, 2.05) is 0 Å². The van der Waals surface area contributed by atoms with E-state index in [2.05, 4.69) is 23.9 Å². The van der Waals surface area contributed by atoms with Gasteiger partial charge in [0.2, 0.25) is 0 Å². The second kappa shape index (κ2) is 5.73. The highest BCUT2D eigenvalue weighted by Crippen LogP contribution is 2.24. The number of thioether (sulfide) groups is 1. The first kappa shape index (κ1) is 13.1. The molecule has 78 valence electrons. The number of carbonyl (C=O) groups is 1. The van der Waals surface area contributed by atoms with Crippen LogP contribution in [0.15, 0.2) is 0 Å². The molecule has 0 aromatic rings. The van der Waals surface area contributed by atoms with Crippen LogP contribution in [0.2, 0.25) is 0 Å². The SMILES string of the molecule is COC(=O)C1CSC(C(C)C)N1.Cl. The summed E-state index contributed by atoms with van der Waals surface area (Å²) in [7, 11) is 1.43. The topological polar surface area (TPSA) is 38.3 Å². The molecule has 0 aromatic carbocycles. The van der Waals surface area contributed by atoms with Gasteiger partial charge < -0.3 is 4.74 Å². The van der Waals surface area contributed by atoms with Gasteiger partial charge in [0.15, 0.2) is 0 Å². The molecule has 1 aliphatic rings. The molecule has 0 aliphatic carbocycles. The number of hydrogen-bond acceptors (Lipinski definition) is 4. The Bertz CT molecular complexity index is 178. The average Bonchev–Trinajstić information content (AvgIpc) is 2.51. The van der Waals surface area contributed by atoms with Gasteiger partial charge in [-0.05, 0) is 5.92 Å². The predicted octanol–water partition coefficient (Wildman–Crippen LogP) is 1.27. The quantitative estimate of drug-likeness (QED) is 0.719. The average molecular weight is 226 g/mol. The molecule has 1 heterocycles. The van der Waals surface area contributed by atoms with E-state index in [0.29, 0.717) is 11.3 Å². The molecule has 0 bridgehead atoms. The molecule has 0 saturated carbocycles. The molecule has 0 radical (unpaired) electrons. The Hall–Kier alpha value is 0.0700. The van der Waals surface area contributed by atoms with Crippen LogP contribution in [0.3, 0.4) is 0 Å². The van der Waals surface area contributed by atoms with Gasteiger partial charge >= 0.3 is 5.97 Å². The van der Waals surface area contributed by atoms with Crippen molar-refractivity contribution in [2.45, 2.75) is 25.3 Å². The third kappa shape index (κ3) is 3.37. The van der Waals surface area contributed by atoms with Gasteiger partial charge in [0.05, 0.1) is 12.5 Å². The van der Waals surface area contributed by atoms with Crippen molar-refractivity contribution in [3.63, 3.8) is 0 Å². The second-order valence-corrected chi connectivity index (χ2v) is 4.41. The smallest absolute Gasteiger partial charge is 0.323 e. The van der Waals surface area contributed by atoms with Crippen molar-refractivity contribution in [2.24, 2.45) is 5.92 Å². The summed E-state index contributed by atoms with van der Waals surface area (Å²) >= 11 is 1.79. The van der Waals surface area contributed by atoms with Crippen LogP contribution < -0.4 is 5.32 Å². The van der Waals surface area contributed by atoms with E-state index in [4.69, 9.17) is 0 Å². The van der Waals surface area contributed by atoms with E-state index in [1.165, 1.54) is 7.11 Å². The summed E-state index contributed by atoms with van der Waals surface area (Å²) in [6.07, 6.45) is 0. The highest BCUT2D eigenvalue weighted by atomic mass is 35.5. The maximum absolute atomic E-state index is 11.1. The predicted molar refractivity (Wildman–Crippen MR) is 57.3 cm³/mol. The first-order valence-corrected chi connectivity index (χ1v) is 5.15. The third-order valence-electron chi connectivity index (χ3n) is 1.90. The van der Waals surface area contributed by atoms with Crippen LogP contribution >= 0.6 is 24.2 Å². The zero-order valence-corrected chi connectivity index (χ0v) is 9.71. The van der Waals surface area contributed by atoms with Crippen molar-refractivity contribution in [2.75, 3.05) is 12.9 Å². The molecule has 1 N–H and O–H groups in total. The number of ether oxygens (including phenoxy) is 1. The number of hydrogen-bond donors (Lipinski definition) is 1. The fourth-order valence-corrected chi connectivity index (χ4v) is 2.44. The van der Waals surface area contributed by atoms with Gasteiger partial charge in [0.1, 0.15) is 6.04 Å². The van der Waals surface area contributed by atoms with Gasteiger partial charge in [-0.25, -0.2) is 0 Å². The van der Waals surface area contributed by atoms with Crippen molar-refractivity contribution >= 4 is 30.1 Å². The Morgan fingerprint density at radius 3 is 2.62 bits per heavy atom. The van der Waals surface area contributed by atoms with Crippen LogP contribution in [0.5, 0.6) is 0 Å². The van der Waals surface area contributed by atoms with Crippen LogP contribution in [0.25, 0.3) is 0 Å². The van der Waals surface area contributed by atoms with Crippen molar-refractivity contribution in [1.82, 2.24) is 5.32 Å². The Morgan fingerprint density at radius 1 is 1.62 bits per heavy atom. The van der Waals surface area contributed by atoms with Gasteiger partial charge in [0, 0.05) is 5.75 Å². The van der Waals surface area contributed by atoms with Gasteiger partial charge in [-0.2, -0.15) is 0 Å². The molecule has 1 saturated heterocycles. The Labute approximate surface area is 89.4 Å². The summed E-state index contributed by atoms with van der Waals surface area (Å²) in [5.41, 5.74) is 0. The number of methoxy groups -OCH3 is 1. The molecular formula is C8H16ClNO2S. The summed E-state index contributed by atoms with van der Waals surface area (Å²) in [4.78, 5) is 11.1. The van der Waals surface area contributed by atoms with Crippen molar-refractivity contribution < 1.29 is 9.53 Å². The molecule has 0 aromatic heterocycles. The first-order chi connectivity index (χ1) is 5.65. The first-order valence-electron chi connectivity index (χ1n) is 4.10. The van der Waals surface area contributed by atoms with Crippen LogP contribution in [0.4, 0.5) is 0 Å². The van der Waals surface area contributed by atoms with Crippen LogP contribution in [-0.2, 0) is 9.53 Å². The lowest BCUT2D eigenvalue weighted by Crippen LogP contribution is -2.39. The Balaban J connectivity index is 0.00000144. The lowest BCUT2D eigenvalue weighted by molar-refractivity contribution is -0.142. The summed E-state index contributed by atoms with van der Waals surface area (Å²) in [6, 6.07) is -0.104. The fourth-order valence-electron chi connectivity index (χ4n) is 1.16. The zero-order chi connectivity index (χ0) is 9.14. The largest absolute Gasteiger partial charge is 0.468 e. The normalized spacial score (nSPS) is 27.1. The van der Waals surface area contributed by atoms with Crippen LogP contribution in [-0.4, -0.2) is 30.2 Å². The molecule has 1 aliphatic heterocycles. The number of halogens is 1. The lowest BCUT2D eigenvalue weighted by atomic mass is 10.2. The number of carbonyl (C=O) groups excluding carboxylic acids is 1. The molecule has 0 amide bonds. The van der Waals surface area contributed by atoms with E-state index < -0.39 is 0 Å². The highest BCUT2D eigenvalue weighted by Gasteiger charge is 2.31. The van der Waals surface area contributed by atoms with E-state index in [1.54, 1.807) is 11.8 Å². The van der Waals surface area contributed by atoms with E-state index in [-0.39, 0.29) is 24.4 Å². The minimum absolute atomic E-state index is 0. The molecule has 1 rings (SSSR count). The van der Waals surface area contributed by atoms with E-state index in [0.717, 1.165) is 5.75 Å². The molecular weight excluding hydrogens is 210 g/mol. The van der Waals surface area contributed by atoms with Gasteiger partial charge in [-0.1, -0.05) is 13.8 Å². The summed E-state index contributed by atoms with van der Waals surface area (Å²) in [6.45, 7) is 4.29. The molecule has 2 unspecified atom stereocenters. The van der Waals surface area contributed by atoms with Gasteiger partial charge in [-0.15, -0.1) is 24.2 Å². The van der Waals surface area contributed by atoms with Crippen molar-refractivity contribution in [1.29, 1.82) is 0 Å². The molecule has 5 heteroatoms. The van der Waals surface area contributed by atoms with Crippen LogP contribution in [0.1, 0.15) is 13.8 Å². The Kier molecular flexibility index (Phi) is 5.76. The van der Waals surface area contributed by atoms with Crippen LogP contribution in [0, 0.1) is 5.92 Å². The molecule has 0 spiro atoms. The highest BCUT2D eigenvalue weighted by molar-refractivity contribution is 8.00. The minimum atomic E-state index is -0.148.